The smallest absolute Gasteiger partial charge is 0.159 e. The highest BCUT2D eigenvalue weighted by Crippen LogP contribution is 2.42. The number of anilines is 1. The minimum atomic E-state index is -0.866. The summed E-state index contributed by atoms with van der Waals surface area (Å²) in [6.07, 6.45) is 2.12. The molecule has 2 aliphatic heterocycles. The van der Waals surface area contributed by atoms with Gasteiger partial charge in [-0.25, -0.2) is 18.7 Å². The normalized spacial score (nSPS) is 20.9. The number of benzene rings is 2. The molecule has 6 nitrogen and oxygen atoms in total. The van der Waals surface area contributed by atoms with E-state index >= 15 is 4.39 Å². The predicted octanol–water partition coefficient (Wildman–Crippen LogP) is 3.37. The zero-order valence-electron chi connectivity index (χ0n) is 15.9. The first-order chi connectivity index (χ1) is 14.5. The number of aliphatic hydroxyl groups excluding tert-OH is 1. The lowest BCUT2D eigenvalue weighted by atomic mass is 10.0. The van der Waals surface area contributed by atoms with Gasteiger partial charge in [0.25, 0.3) is 0 Å². The van der Waals surface area contributed by atoms with Crippen molar-refractivity contribution in [1.29, 1.82) is 0 Å². The van der Waals surface area contributed by atoms with Crippen molar-refractivity contribution in [2.24, 2.45) is 0 Å². The molecule has 0 amide bonds. The molecule has 5 rings (SSSR count). The third kappa shape index (κ3) is 3.07. The van der Waals surface area contributed by atoms with Crippen LogP contribution in [-0.2, 0) is 6.61 Å². The third-order valence-corrected chi connectivity index (χ3v) is 6.11. The Balaban J connectivity index is 1.74. The van der Waals surface area contributed by atoms with E-state index in [1.165, 1.54) is 18.2 Å². The molecule has 156 valence electrons. The number of nitrogens with zero attached hydrogens (tertiary/aromatic N) is 3. The van der Waals surface area contributed by atoms with Crippen LogP contribution in [0.15, 0.2) is 24.3 Å². The van der Waals surface area contributed by atoms with Crippen LogP contribution >= 0.6 is 11.6 Å². The predicted molar refractivity (Wildman–Crippen MR) is 110 cm³/mol. The second kappa shape index (κ2) is 7.30. The number of phenols is 1. The molecular formula is C21H19ClF2N4O2. The molecule has 2 bridgehead atoms. The Morgan fingerprint density at radius 3 is 2.53 bits per heavy atom. The van der Waals surface area contributed by atoms with E-state index in [9.17, 15) is 14.6 Å². The van der Waals surface area contributed by atoms with Gasteiger partial charge in [0.1, 0.15) is 29.5 Å². The number of aromatic nitrogens is 2. The highest BCUT2D eigenvalue weighted by molar-refractivity contribution is 6.34. The molecular weight excluding hydrogens is 414 g/mol. The molecule has 1 aromatic heterocycles. The van der Waals surface area contributed by atoms with E-state index in [0.717, 1.165) is 18.9 Å². The Bertz CT molecular complexity index is 1130. The number of rotatable bonds is 3. The van der Waals surface area contributed by atoms with Gasteiger partial charge in [-0.15, -0.1) is 0 Å². The molecule has 0 unspecified atom stereocenters. The first kappa shape index (κ1) is 19.4. The maximum absolute atomic E-state index is 15.6. The zero-order valence-corrected chi connectivity index (χ0v) is 16.6. The Morgan fingerprint density at radius 2 is 1.87 bits per heavy atom. The standard InChI is InChI=1S/C21H19ClF2N4O2/c22-13-6-12-20(19(24)17(13)18-14(23)2-1-3-15(18)30)26-16(9-29)27-21(12)28-7-10-4-5-11(8-28)25-10/h1-3,6,10-11,25,29-30H,4-5,7-9H2/t10-,11+. The number of piperazine rings is 1. The van der Waals surface area contributed by atoms with Gasteiger partial charge >= 0.3 is 0 Å². The minimum Gasteiger partial charge on any atom is -0.507 e. The van der Waals surface area contributed by atoms with Gasteiger partial charge < -0.3 is 20.4 Å². The van der Waals surface area contributed by atoms with Crippen molar-refractivity contribution in [1.82, 2.24) is 15.3 Å². The van der Waals surface area contributed by atoms with Crippen LogP contribution < -0.4 is 10.2 Å². The van der Waals surface area contributed by atoms with Crippen LogP contribution in [0.3, 0.4) is 0 Å². The Hall–Kier alpha value is -2.55. The minimum absolute atomic E-state index is 0.0555. The maximum Gasteiger partial charge on any atom is 0.159 e. The fraction of sp³-hybridized carbons (Fsp3) is 0.333. The van der Waals surface area contributed by atoms with Gasteiger partial charge in [0.2, 0.25) is 0 Å². The number of aliphatic hydroxyl groups is 1. The van der Waals surface area contributed by atoms with Gasteiger partial charge in [-0.1, -0.05) is 17.7 Å². The number of halogens is 3. The Kier molecular flexibility index (Phi) is 4.72. The fourth-order valence-corrected chi connectivity index (χ4v) is 4.78. The molecule has 3 aromatic rings. The molecule has 2 aliphatic rings. The number of hydrogen-bond donors (Lipinski definition) is 3. The van der Waals surface area contributed by atoms with Crippen molar-refractivity contribution < 1.29 is 19.0 Å². The number of aromatic hydroxyl groups is 1. The molecule has 2 saturated heterocycles. The summed E-state index contributed by atoms with van der Waals surface area (Å²) in [5.41, 5.74) is -0.668. The maximum atomic E-state index is 15.6. The van der Waals surface area contributed by atoms with Crippen LogP contribution in [0.4, 0.5) is 14.6 Å². The number of phenolic OH excluding ortho intramolecular Hbond substituents is 1. The van der Waals surface area contributed by atoms with Gasteiger partial charge in [-0.05, 0) is 31.0 Å². The molecule has 0 aliphatic carbocycles. The topological polar surface area (TPSA) is 81.5 Å². The van der Waals surface area contributed by atoms with Crippen molar-refractivity contribution in [3.05, 3.63) is 46.7 Å². The molecule has 2 fully saturated rings. The summed E-state index contributed by atoms with van der Waals surface area (Å²) in [6.45, 7) is 0.926. The lowest BCUT2D eigenvalue weighted by molar-refractivity contribution is 0.271. The molecule has 30 heavy (non-hydrogen) atoms. The molecule has 3 N–H and O–H groups in total. The van der Waals surface area contributed by atoms with Crippen LogP contribution in [0.5, 0.6) is 5.75 Å². The Morgan fingerprint density at radius 1 is 1.13 bits per heavy atom. The summed E-state index contributed by atoms with van der Waals surface area (Å²) in [4.78, 5) is 10.6. The van der Waals surface area contributed by atoms with Crippen LogP contribution in [0.1, 0.15) is 18.7 Å². The highest BCUT2D eigenvalue weighted by atomic mass is 35.5. The van der Waals surface area contributed by atoms with Gasteiger partial charge in [0.05, 0.1) is 10.6 Å². The van der Waals surface area contributed by atoms with Crippen molar-refractivity contribution in [2.45, 2.75) is 31.5 Å². The van der Waals surface area contributed by atoms with E-state index in [1.54, 1.807) is 0 Å². The molecule has 9 heteroatoms. The monoisotopic (exact) mass is 432 g/mol. The largest absolute Gasteiger partial charge is 0.507 e. The first-order valence-electron chi connectivity index (χ1n) is 9.74. The zero-order chi connectivity index (χ0) is 21.0. The second-order valence-electron chi connectivity index (χ2n) is 7.74. The number of hydrogen-bond acceptors (Lipinski definition) is 6. The molecule has 2 aromatic carbocycles. The lowest BCUT2D eigenvalue weighted by Crippen LogP contribution is -2.51. The van der Waals surface area contributed by atoms with Crippen molar-refractivity contribution in [2.75, 3.05) is 18.0 Å². The van der Waals surface area contributed by atoms with Crippen molar-refractivity contribution in [3.63, 3.8) is 0 Å². The van der Waals surface area contributed by atoms with Gasteiger partial charge in [-0.2, -0.15) is 0 Å². The van der Waals surface area contributed by atoms with Gasteiger partial charge in [-0.3, -0.25) is 0 Å². The van der Waals surface area contributed by atoms with E-state index in [1.807, 2.05) is 0 Å². The number of nitrogens with one attached hydrogen (secondary N) is 1. The Labute approximate surface area is 176 Å². The van der Waals surface area contributed by atoms with E-state index in [4.69, 9.17) is 11.6 Å². The second-order valence-corrected chi connectivity index (χ2v) is 8.15. The van der Waals surface area contributed by atoms with E-state index in [2.05, 4.69) is 20.2 Å². The van der Waals surface area contributed by atoms with E-state index in [-0.39, 0.29) is 27.5 Å². The summed E-state index contributed by atoms with van der Waals surface area (Å²) in [7, 11) is 0. The third-order valence-electron chi connectivity index (χ3n) is 5.81. The van der Waals surface area contributed by atoms with Crippen LogP contribution in [0, 0.1) is 11.6 Å². The van der Waals surface area contributed by atoms with Crippen LogP contribution in [0.2, 0.25) is 5.02 Å². The molecule has 2 atom stereocenters. The van der Waals surface area contributed by atoms with Crippen LogP contribution in [-0.4, -0.2) is 45.4 Å². The van der Waals surface area contributed by atoms with E-state index in [0.29, 0.717) is 36.4 Å². The summed E-state index contributed by atoms with van der Waals surface area (Å²) in [6, 6.07) is 5.85. The summed E-state index contributed by atoms with van der Waals surface area (Å²) in [5.74, 6) is -1.54. The SMILES string of the molecule is OCc1nc(N2C[C@H]3CC[C@@H](C2)N3)c2cc(Cl)c(-c3c(O)cccc3F)c(F)c2n1. The molecule has 0 radical (unpaired) electrons. The quantitative estimate of drug-likeness (QED) is 0.588. The van der Waals surface area contributed by atoms with Gasteiger partial charge in [0.15, 0.2) is 11.6 Å². The average Bonchev–Trinajstić information content (AvgIpc) is 3.07. The van der Waals surface area contributed by atoms with Crippen molar-refractivity contribution in [3.8, 4) is 16.9 Å². The summed E-state index contributed by atoms with van der Waals surface area (Å²) < 4.78 is 30.1. The van der Waals surface area contributed by atoms with Crippen molar-refractivity contribution >= 4 is 28.3 Å². The molecule has 0 spiro atoms. The van der Waals surface area contributed by atoms with E-state index < -0.39 is 24.0 Å². The number of fused-ring (bicyclic) bond motifs is 3. The first-order valence-corrected chi connectivity index (χ1v) is 10.1. The summed E-state index contributed by atoms with van der Waals surface area (Å²) in [5, 5.41) is 23.6. The molecule has 0 saturated carbocycles. The van der Waals surface area contributed by atoms with Crippen LogP contribution in [0.25, 0.3) is 22.0 Å². The lowest BCUT2D eigenvalue weighted by Gasteiger charge is -2.34. The van der Waals surface area contributed by atoms with Gasteiger partial charge in [0, 0.05) is 36.1 Å². The summed E-state index contributed by atoms with van der Waals surface area (Å²) >= 11 is 6.39. The average molecular weight is 433 g/mol. The fourth-order valence-electron chi connectivity index (χ4n) is 4.50. The molecule has 3 heterocycles. The highest BCUT2D eigenvalue weighted by Gasteiger charge is 2.34.